The molecule has 0 saturated heterocycles. The fourth-order valence-electron chi connectivity index (χ4n) is 3.29. The lowest BCUT2D eigenvalue weighted by Crippen LogP contribution is -2.22. The van der Waals surface area contributed by atoms with Crippen LogP contribution in [0.15, 0.2) is 69.9 Å². The molecule has 1 aromatic heterocycles. The van der Waals surface area contributed by atoms with Crippen LogP contribution in [0.25, 0.3) is 22.3 Å². The van der Waals surface area contributed by atoms with Gasteiger partial charge in [0.1, 0.15) is 11.3 Å². The quantitative estimate of drug-likeness (QED) is 0.358. The van der Waals surface area contributed by atoms with Crippen LogP contribution in [0.4, 0.5) is 5.69 Å². The second kappa shape index (κ2) is 9.57. The predicted octanol–water partition coefficient (Wildman–Crippen LogP) is 6.10. The summed E-state index contributed by atoms with van der Waals surface area (Å²) in [7, 11) is 1.50. The van der Waals surface area contributed by atoms with Crippen LogP contribution in [-0.4, -0.2) is 19.6 Å². The highest BCUT2D eigenvalue weighted by Crippen LogP contribution is 2.33. The Bertz CT molecular complexity index is 1400. The molecule has 4 aromatic rings. The second-order valence-electron chi connectivity index (χ2n) is 7.24. The minimum Gasteiger partial charge on any atom is -0.495 e. The van der Waals surface area contributed by atoms with Gasteiger partial charge in [-0.2, -0.15) is 0 Å². The van der Waals surface area contributed by atoms with Gasteiger partial charge in [0.2, 0.25) is 11.2 Å². The zero-order valence-corrected chi connectivity index (χ0v) is 19.3. The number of carbonyl (C=O) groups excluding carboxylic acids is 1. The van der Waals surface area contributed by atoms with Gasteiger partial charge in [-0.25, -0.2) is 0 Å². The molecule has 0 aliphatic rings. The standard InChI is InChI=1S/C25H19Cl2NO5/c1-14-10-21-17(12-18(14)26)23(30)25(24(33-21)15-6-4-3-5-7-15)32-13-22(29)28-16-8-9-20(31-2)19(27)11-16/h3-12H,13H2,1-2H3,(H,28,29). The number of amides is 1. The van der Waals surface area contributed by atoms with Crippen LogP contribution in [0.5, 0.6) is 11.5 Å². The summed E-state index contributed by atoms with van der Waals surface area (Å²) in [4.78, 5) is 25.8. The number of halogens is 2. The molecule has 0 bridgehead atoms. The van der Waals surface area contributed by atoms with E-state index < -0.39 is 17.9 Å². The fourth-order valence-corrected chi connectivity index (χ4v) is 3.71. The molecule has 1 amide bonds. The van der Waals surface area contributed by atoms with Crippen LogP contribution in [0.2, 0.25) is 10.0 Å². The summed E-state index contributed by atoms with van der Waals surface area (Å²) in [6.45, 7) is 1.41. The maximum Gasteiger partial charge on any atom is 0.262 e. The van der Waals surface area contributed by atoms with Gasteiger partial charge >= 0.3 is 0 Å². The van der Waals surface area contributed by atoms with Gasteiger partial charge in [0.05, 0.1) is 17.5 Å². The van der Waals surface area contributed by atoms with Gasteiger partial charge in [-0.05, 0) is 42.8 Å². The van der Waals surface area contributed by atoms with Crippen molar-refractivity contribution in [1.82, 2.24) is 0 Å². The summed E-state index contributed by atoms with van der Waals surface area (Å²) in [5, 5.41) is 3.73. The van der Waals surface area contributed by atoms with Crippen molar-refractivity contribution in [1.29, 1.82) is 0 Å². The number of carbonyl (C=O) groups is 1. The third kappa shape index (κ3) is 4.82. The van der Waals surface area contributed by atoms with E-state index in [0.29, 0.717) is 32.6 Å². The van der Waals surface area contributed by atoms with Crippen LogP contribution >= 0.6 is 23.2 Å². The van der Waals surface area contributed by atoms with Gasteiger partial charge in [-0.15, -0.1) is 0 Å². The van der Waals surface area contributed by atoms with Crippen LogP contribution < -0.4 is 20.2 Å². The van der Waals surface area contributed by atoms with E-state index in [1.807, 2.05) is 25.1 Å². The summed E-state index contributed by atoms with van der Waals surface area (Å²) in [6.07, 6.45) is 0. The van der Waals surface area contributed by atoms with E-state index in [9.17, 15) is 9.59 Å². The third-order valence-corrected chi connectivity index (χ3v) is 5.65. The maximum absolute atomic E-state index is 13.3. The number of methoxy groups -OCH3 is 1. The SMILES string of the molecule is COc1ccc(NC(=O)COc2c(-c3ccccc3)oc3cc(C)c(Cl)cc3c2=O)cc1Cl. The highest BCUT2D eigenvalue weighted by Gasteiger charge is 2.20. The molecular weight excluding hydrogens is 465 g/mol. The minimum absolute atomic E-state index is 0.0727. The number of hydrogen-bond acceptors (Lipinski definition) is 5. The van der Waals surface area contributed by atoms with Crippen molar-refractivity contribution >= 4 is 45.8 Å². The van der Waals surface area contributed by atoms with Crippen LogP contribution in [0.3, 0.4) is 0 Å². The molecule has 0 saturated carbocycles. The zero-order valence-electron chi connectivity index (χ0n) is 17.8. The van der Waals surface area contributed by atoms with Gasteiger partial charge in [0, 0.05) is 16.3 Å². The van der Waals surface area contributed by atoms with Crippen molar-refractivity contribution in [2.24, 2.45) is 0 Å². The number of ether oxygens (including phenoxy) is 2. The average Bonchev–Trinajstić information content (AvgIpc) is 2.80. The molecule has 1 N–H and O–H groups in total. The first kappa shape index (κ1) is 22.7. The lowest BCUT2D eigenvalue weighted by Gasteiger charge is -2.13. The van der Waals surface area contributed by atoms with Crippen molar-refractivity contribution < 1.29 is 18.7 Å². The molecule has 33 heavy (non-hydrogen) atoms. The summed E-state index contributed by atoms with van der Waals surface area (Å²) < 4.78 is 16.8. The number of nitrogens with one attached hydrogen (secondary N) is 1. The number of rotatable bonds is 6. The Labute approximate surface area is 199 Å². The number of benzene rings is 3. The maximum atomic E-state index is 13.3. The van der Waals surface area contributed by atoms with E-state index in [1.165, 1.54) is 7.11 Å². The first-order valence-electron chi connectivity index (χ1n) is 9.96. The molecule has 8 heteroatoms. The Morgan fingerprint density at radius 2 is 1.79 bits per heavy atom. The Hall–Kier alpha value is -3.48. The molecule has 4 rings (SSSR count). The molecule has 168 valence electrons. The molecule has 0 unspecified atom stereocenters. The van der Waals surface area contributed by atoms with E-state index in [0.717, 1.165) is 5.56 Å². The van der Waals surface area contributed by atoms with Gasteiger partial charge in [-0.1, -0.05) is 53.5 Å². The number of anilines is 1. The van der Waals surface area contributed by atoms with E-state index in [2.05, 4.69) is 5.32 Å². The van der Waals surface area contributed by atoms with Crippen molar-refractivity contribution in [2.75, 3.05) is 19.0 Å². The summed E-state index contributed by atoms with van der Waals surface area (Å²) >= 11 is 12.3. The van der Waals surface area contributed by atoms with Crippen LogP contribution in [0, 0.1) is 6.92 Å². The van der Waals surface area contributed by atoms with Gasteiger partial charge in [0.25, 0.3) is 5.91 Å². The highest BCUT2D eigenvalue weighted by molar-refractivity contribution is 6.32. The van der Waals surface area contributed by atoms with Crippen molar-refractivity contribution in [2.45, 2.75) is 6.92 Å². The molecule has 3 aromatic carbocycles. The van der Waals surface area contributed by atoms with Gasteiger partial charge < -0.3 is 19.2 Å². The van der Waals surface area contributed by atoms with Crippen molar-refractivity contribution in [3.05, 3.63) is 86.5 Å². The minimum atomic E-state index is -0.475. The monoisotopic (exact) mass is 483 g/mol. The first-order chi connectivity index (χ1) is 15.9. The normalized spacial score (nSPS) is 10.8. The number of aryl methyl sites for hydroxylation is 1. The highest BCUT2D eigenvalue weighted by atomic mass is 35.5. The fraction of sp³-hybridized carbons (Fsp3) is 0.120. The van der Waals surface area contributed by atoms with Crippen molar-refractivity contribution in [3.63, 3.8) is 0 Å². The topological polar surface area (TPSA) is 77.8 Å². The van der Waals surface area contributed by atoms with E-state index in [1.54, 1.807) is 42.5 Å². The van der Waals surface area contributed by atoms with Gasteiger partial charge in [-0.3, -0.25) is 9.59 Å². The second-order valence-corrected chi connectivity index (χ2v) is 8.05. The molecule has 0 spiro atoms. The number of fused-ring (bicyclic) bond motifs is 1. The summed E-state index contributed by atoms with van der Waals surface area (Å²) in [5.74, 6) is 0.171. The van der Waals surface area contributed by atoms with E-state index in [4.69, 9.17) is 37.1 Å². The summed E-state index contributed by atoms with van der Waals surface area (Å²) in [6, 6.07) is 17.1. The molecule has 0 aliphatic heterocycles. The third-order valence-electron chi connectivity index (χ3n) is 4.95. The smallest absolute Gasteiger partial charge is 0.262 e. The largest absolute Gasteiger partial charge is 0.495 e. The number of hydrogen-bond donors (Lipinski definition) is 1. The molecule has 0 atom stereocenters. The molecular formula is C25H19Cl2NO5. The Morgan fingerprint density at radius 1 is 1.03 bits per heavy atom. The molecule has 1 heterocycles. The molecule has 0 radical (unpaired) electrons. The van der Waals surface area contributed by atoms with Crippen LogP contribution in [0.1, 0.15) is 5.56 Å². The molecule has 0 fully saturated rings. The zero-order chi connectivity index (χ0) is 23.5. The Morgan fingerprint density at radius 3 is 2.48 bits per heavy atom. The lowest BCUT2D eigenvalue weighted by atomic mass is 10.1. The molecule has 6 nitrogen and oxygen atoms in total. The summed E-state index contributed by atoms with van der Waals surface area (Å²) in [5.41, 5.74) is 1.84. The first-order valence-corrected chi connectivity index (χ1v) is 10.7. The van der Waals surface area contributed by atoms with Crippen LogP contribution in [-0.2, 0) is 4.79 Å². The van der Waals surface area contributed by atoms with E-state index >= 15 is 0 Å². The Kier molecular flexibility index (Phi) is 6.58. The Balaban J connectivity index is 1.66. The van der Waals surface area contributed by atoms with E-state index in [-0.39, 0.29) is 16.9 Å². The average molecular weight is 484 g/mol. The lowest BCUT2D eigenvalue weighted by molar-refractivity contribution is -0.118. The van der Waals surface area contributed by atoms with Gasteiger partial charge in [0.15, 0.2) is 12.4 Å². The predicted molar refractivity (Wildman–Crippen MR) is 130 cm³/mol. The van der Waals surface area contributed by atoms with Crippen molar-refractivity contribution in [3.8, 4) is 22.8 Å². The molecule has 0 aliphatic carbocycles.